The highest BCUT2D eigenvalue weighted by Crippen LogP contribution is 2.19. The Morgan fingerprint density at radius 3 is 0.580 bits per heavy atom. The van der Waals surface area contributed by atoms with Gasteiger partial charge in [-0.05, 0) is 19.3 Å². The number of unbranched alkanes of at least 4 members (excludes halogenated alkanes) is 48. The third-order valence-corrected chi connectivity index (χ3v) is 14.6. The van der Waals surface area contributed by atoms with Crippen molar-refractivity contribution < 1.29 is 28.6 Å². The molecule has 0 heterocycles. The van der Waals surface area contributed by atoms with Crippen LogP contribution >= 0.6 is 0 Å². The van der Waals surface area contributed by atoms with E-state index in [1.165, 1.54) is 270 Å². The van der Waals surface area contributed by atoms with Crippen molar-refractivity contribution in [2.24, 2.45) is 0 Å². The first-order chi connectivity index (χ1) is 34.0. The van der Waals surface area contributed by atoms with Crippen LogP contribution < -0.4 is 0 Å². The van der Waals surface area contributed by atoms with Gasteiger partial charge in [0.2, 0.25) is 0 Å². The zero-order valence-corrected chi connectivity index (χ0v) is 47.1. The molecule has 0 fully saturated rings. The quantitative estimate of drug-likeness (QED) is 0.0343. The SMILES string of the molecule is CCCCCCCCCCCCCCCCCCCCCCCCCCCCCCCC(=O)OCC(COC(=O)CCCCCCCC)OC(=O)CCCCCCCCCCCCCCCCCC. The molecule has 0 aliphatic heterocycles. The summed E-state index contributed by atoms with van der Waals surface area (Å²) in [6.07, 6.45) is 67.3. The number of carbonyl (C=O) groups excluding carboxylic acids is 3. The van der Waals surface area contributed by atoms with Crippen LogP contribution in [0.25, 0.3) is 0 Å². The van der Waals surface area contributed by atoms with Crippen LogP contribution in [0.4, 0.5) is 0 Å². The van der Waals surface area contributed by atoms with Crippen LogP contribution in [0.3, 0.4) is 0 Å². The first kappa shape index (κ1) is 67.4. The molecule has 0 saturated heterocycles. The van der Waals surface area contributed by atoms with E-state index >= 15 is 0 Å². The molecule has 6 nitrogen and oxygen atoms in total. The Labute approximate surface area is 431 Å². The molecule has 0 aliphatic carbocycles. The van der Waals surface area contributed by atoms with Gasteiger partial charge in [0.05, 0.1) is 0 Å². The predicted octanol–water partition coefficient (Wildman–Crippen LogP) is 21.1. The number of esters is 3. The van der Waals surface area contributed by atoms with Crippen LogP contribution in [0.2, 0.25) is 0 Å². The third kappa shape index (κ3) is 57.2. The Kier molecular flexibility index (Phi) is 57.6. The Hall–Kier alpha value is -1.59. The average molecular weight is 976 g/mol. The van der Waals surface area contributed by atoms with Crippen molar-refractivity contribution in [1.29, 1.82) is 0 Å². The topological polar surface area (TPSA) is 78.9 Å². The van der Waals surface area contributed by atoms with Gasteiger partial charge >= 0.3 is 17.9 Å². The Morgan fingerprint density at radius 1 is 0.232 bits per heavy atom. The first-order valence-electron chi connectivity index (χ1n) is 31.5. The smallest absolute Gasteiger partial charge is 0.306 e. The fourth-order valence-corrected chi connectivity index (χ4v) is 9.86. The molecular weight excluding hydrogens is 853 g/mol. The van der Waals surface area contributed by atoms with E-state index in [1.807, 2.05) is 0 Å². The van der Waals surface area contributed by atoms with Crippen molar-refractivity contribution in [2.45, 2.75) is 374 Å². The maximum atomic E-state index is 12.8. The highest BCUT2D eigenvalue weighted by Gasteiger charge is 2.19. The molecule has 69 heavy (non-hydrogen) atoms. The van der Waals surface area contributed by atoms with Crippen molar-refractivity contribution in [1.82, 2.24) is 0 Å². The Balaban J connectivity index is 3.94. The van der Waals surface area contributed by atoms with Crippen molar-refractivity contribution >= 4 is 17.9 Å². The summed E-state index contributed by atoms with van der Waals surface area (Å²) in [6, 6.07) is 0. The zero-order valence-electron chi connectivity index (χ0n) is 47.1. The van der Waals surface area contributed by atoms with Crippen LogP contribution in [0.1, 0.15) is 367 Å². The van der Waals surface area contributed by atoms with Gasteiger partial charge in [0.25, 0.3) is 0 Å². The summed E-state index contributed by atoms with van der Waals surface area (Å²) in [5.74, 6) is -0.844. The van der Waals surface area contributed by atoms with Gasteiger partial charge in [-0.15, -0.1) is 0 Å². The molecule has 0 aliphatic rings. The number of hydrogen-bond acceptors (Lipinski definition) is 6. The van der Waals surface area contributed by atoms with Gasteiger partial charge in [-0.1, -0.05) is 329 Å². The molecule has 410 valence electrons. The standard InChI is InChI=1S/C63H122O6/c1-4-7-10-13-16-18-20-22-24-26-27-28-29-30-31-32-33-34-35-36-37-38-40-41-43-45-47-50-53-56-62(65)68-59-60(58-67-61(64)55-52-49-15-12-9-6-3)69-63(66)57-54-51-48-46-44-42-39-25-23-21-19-17-14-11-8-5-2/h60H,4-59H2,1-3H3. The molecule has 0 aromatic carbocycles. The lowest BCUT2D eigenvalue weighted by atomic mass is 10.0. The van der Waals surface area contributed by atoms with E-state index in [9.17, 15) is 14.4 Å². The molecule has 0 saturated carbocycles. The zero-order chi connectivity index (χ0) is 50.0. The van der Waals surface area contributed by atoms with Crippen LogP contribution in [0.5, 0.6) is 0 Å². The molecule has 1 unspecified atom stereocenters. The summed E-state index contributed by atoms with van der Waals surface area (Å²) in [5, 5.41) is 0. The largest absolute Gasteiger partial charge is 0.462 e. The fraction of sp³-hybridized carbons (Fsp3) is 0.952. The normalized spacial score (nSPS) is 11.9. The number of rotatable bonds is 59. The van der Waals surface area contributed by atoms with Gasteiger partial charge in [-0.3, -0.25) is 14.4 Å². The van der Waals surface area contributed by atoms with Gasteiger partial charge in [0.15, 0.2) is 6.10 Å². The molecule has 6 heteroatoms. The maximum absolute atomic E-state index is 12.8. The van der Waals surface area contributed by atoms with E-state index in [4.69, 9.17) is 14.2 Å². The van der Waals surface area contributed by atoms with E-state index in [0.717, 1.165) is 57.8 Å². The monoisotopic (exact) mass is 975 g/mol. The summed E-state index contributed by atoms with van der Waals surface area (Å²) in [7, 11) is 0. The average Bonchev–Trinajstić information content (AvgIpc) is 3.35. The number of ether oxygens (including phenoxy) is 3. The summed E-state index contributed by atoms with van der Waals surface area (Å²) in [5.41, 5.74) is 0. The molecule has 0 rings (SSSR count). The van der Waals surface area contributed by atoms with E-state index in [-0.39, 0.29) is 31.1 Å². The predicted molar refractivity (Wildman–Crippen MR) is 298 cm³/mol. The highest BCUT2D eigenvalue weighted by atomic mass is 16.6. The summed E-state index contributed by atoms with van der Waals surface area (Å²) in [4.78, 5) is 37.9. The number of carbonyl (C=O) groups is 3. The molecule has 0 bridgehead atoms. The molecule has 0 amide bonds. The van der Waals surface area contributed by atoms with E-state index in [2.05, 4.69) is 20.8 Å². The van der Waals surface area contributed by atoms with E-state index in [0.29, 0.717) is 19.3 Å². The van der Waals surface area contributed by atoms with Gasteiger partial charge in [0.1, 0.15) is 13.2 Å². The van der Waals surface area contributed by atoms with Crippen molar-refractivity contribution in [2.75, 3.05) is 13.2 Å². The molecule has 1 atom stereocenters. The minimum Gasteiger partial charge on any atom is -0.462 e. The summed E-state index contributed by atoms with van der Waals surface area (Å²) >= 11 is 0. The lowest BCUT2D eigenvalue weighted by molar-refractivity contribution is -0.167. The molecule has 0 radical (unpaired) electrons. The Morgan fingerprint density at radius 2 is 0.391 bits per heavy atom. The Bertz CT molecular complexity index is 1030. The fourth-order valence-electron chi connectivity index (χ4n) is 9.86. The van der Waals surface area contributed by atoms with E-state index in [1.54, 1.807) is 0 Å². The number of hydrogen-bond donors (Lipinski definition) is 0. The van der Waals surface area contributed by atoms with Crippen LogP contribution in [0, 0.1) is 0 Å². The van der Waals surface area contributed by atoms with Crippen molar-refractivity contribution in [3.8, 4) is 0 Å². The van der Waals surface area contributed by atoms with Gasteiger partial charge in [-0.2, -0.15) is 0 Å². The molecule has 0 spiro atoms. The molecule has 0 aromatic rings. The third-order valence-electron chi connectivity index (χ3n) is 14.6. The van der Waals surface area contributed by atoms with Crippen LogP contribution in [0.15, 0.2) is 0 Å². The highest BCUT2D eigenvalue weighted by molar-refractivity contribution is 5.71. The second-order valence-corrected chi connectivity index (χ2v) is 21.7. The first-order valence-corrected chi connectivity index (χ1v) is 31.5. The van der Waals surface area contributed by atoms with E-state index < -0.39 is 6.10 Å². The molecular formula is C63H122O6. The minimum absolute atomic E-state index is 0.0621. The lowest BCUT2D eigenvalue weighted by Crippen LogP contribution is -2.30. The van der Waals surface area contributed by atoms with Gasteiger partial charge < -0.3 is 14.2 Å². The van der Waals surface area contributed by atoms with Gasteiger partial charge in [0, 0.05) is 19.3 Å². The van der Waals surface area contributed by atoms with Crippen LogP contribution in [-0.2, 0) is 28.6 Å². The van der Waals surface area contributed by atoms with Crippen molar-refractivity contribution in [3.05, 3.63) is 0 Å². The van der Waals surface area contributed by atoms with Crippen LogP contribution in [-0.4, -0.2) is 37.2 Å². The summed E-state index contributed by atoms with van der Waals surface area (Å²) in [6.45, 7) is 6.65. The lowest BCUT2D eigenvalue weighted by Gasteiger charge is -2.18. The molecule has 0 aromatic heterocycles. The van der Waals surface area contributed by atoms with Gasteiger partial charge in [-0.25, -0.2) is 0 Å². The summed E-state index contributed by atoms with van der Waals surface area (Å²) < 4.78 is 16.8. The second kappa shape index (κ2) is 59.0. The minimum atomic E-state index is -0.760. The maximum Gasteiger partial charge on any atom is 0.306 e. The second-order valence-electron chi connectivity index (χ2n) is 21.7. The molecule has 0 N–H and O–H groups in total. The van der Waals surface area contributed by atoms with Crippen molar-refractivity contribution in [3.63, 3.8) is 0 Å².